The van der Waals surface area contributed by atoms with Crippen molar-refractivity contribution in [3.8, 4) is 0 Å². The van der Waals surface area contributed by atoms with E-state index < -0.39 is 5.97 Å². The van der Waals surface area contributed by atoms with E-state index >= 15 is 0 Å². The molecule has 10 heteroatoms. The summed E-state index contributed by atoms with van der Waals surface area (Å²) in [4.78, 5) is 23.4. The summed E-state index contributed by atoms with van der Waals surface area (Å²) in [5.74, 6) is -1.21. The lowest BCUT2D eigenvalue weighted by Gasteiger charge is -2.38. The molecule has 0 aromatic heterocycles. The van der Waals surface area contributed by atoms with Crippen molar-refractivity contribution < 1.29 is 14.8 Å². The molecule has 0 unspecified atom stereocenters. The second kappa shape index (κ2) is 9.54. The molecule has 1 aliphatic heterocycles. The number of nitrogens with one attached hydrogen (secondary N) is 1. The first kappa shape index (κ1) is 24.3. The van der Waals surface area contributed by atoms with Crippen LogP contribution in [-0.2, 0) is 0 Å². The highest BCUT2D eigenvalue weighted by atomic mass is 35.5. The number of para-hydroxylation sites is 1. The number of hydrogen-bond acceptors (Lipinski definition) is 5. The Kier molecular flexibility index (Phi) is 6.61. The molecule has 180 valence electrons. The predicted octanol–water partition coefficient (Wildman–Crippen LogP) is 7.64. The van der Waals surface area contributed by atoms with Crippen LogP contribution >= 0.6 is 46.6 Å². The first-order valence-corrected chi connectivity index (χ1v) is 12.9. The van der Waals surface area contributed by atoms with Crippen molar-refractivity contribution in [2.45, 2.75) is 33.9 Å². The summed E-state index contributed by atoms with van der Waals surface area (Å²) in [7, 11) is 0. The van der Waals surface area contributed by atoms with Crippen LogP contribution in [0.5, 0.6) is 0 Å². The molecule has 1 aliphatic carbocycles. The van der Waals surface area contributed by atoms with Crippen LogP contribution in [0.4, 0.5) is 11.4 Å². The predicted molar refractivity (Wildman–Crippen MR) is 139 cm³/mol. The van der Waals surface area contributed by atoms with Gasteiger partial charge in [-0.25, -0.2) is 4.79 Å². The Morgan fingerprint density at radius 3 is 2.57 bits per heavy atom. The zero-order valence-corrected chi connectivity index (χ0v) is 21.1. The Balaban J connectivity index is 1.58. The van der Waals surface area contributed by atoms with Gasteiger partial charge in [0, 0.05) is 33.0 Å². The van der Waals surface area contributed by atoms with Crippen molar-refractivity contribution in [2.75, 3.05) is 5.32 Å². The van der Waals surface area contributed by atoms with Crippen molar-refractivity contribution in [3.63, 3.8) is 0 Å². The number of nitrogens with zero attached hydrogens (tertiary/aromatic N) is 1. The topological polar surface area (TPSA) is 92.5 Å². The van der Waals surface area contributed by atoms with Crippen LogP contribution in [-0.4, -0.2) is 26.6 Å². The van der Waals surface area contributed by atoms with Crippen molar-refractivity contribution in [1.82, 2.24) is 0 Å². The molecule has 35 heavy (non-hydrogen) atoms. The first-order chi connectivity index (χ1) is 16.7. The van der Waals surface area contributed by atoms with E-state index in [-0.39, 0.29) is 44.7 Å². The minimum Gasteiger partial charge on any atom is -0.478 e. The number of fused-ring (bicyclic) bond motifs is 3. The van der Waals surface area contributed by atoms with Crippen LogP contribution in [0.2, 0.25) is 10.0 Å². The second-order valence-corrected chi connectivity index (χ2v) is 11.3. The molecule has 1 saturated carbocycles. The molecule has 0 radical (unpaired) electrons. The van der Waals surface area contributed by atoms with Gasteiger partial charge in [0.1, 0.15) is 0 Å². The van der Waals surface area contributed by atoms with Gasteiger partial charge in [0.2, 0.25) is 0 Å². The fourth-order valence-corrected chi connectivity index (χ4v) is 7.65. The Morgan fingerprint density at radius 2 is 1.86 bits per heavy atom. The lowest BCUT2D eigenvalue weighted by atomic mass is 9.77. The summed E-state index contributed by atoms with van der Waals surface area (Å²) in [6, 6.07) is 16.8. The summed E-state index contributed by atoms with van der Waals surface area (Å²) < 4.78 is 0. The number of thioether (sulfide) groups is 1. The average molecular weight is 550 g/mol. The van der Waals surface area contributed by atoms with Gasteiger partial charge in [-0.1, -0.05) is 41.4 Å². The van der Waals surface area contributed by atoms with Crippen LogP contribution in [0.1, 0.15) is 39.9 Å². The first-order valence-electron chi connectivity index (χ1n) is 10.9. The molecule has 0 bridgehead atoms. The van der Waals surface area contributed by atoms with E-state index in [1.54, 1.807) is 48.5 Å². The third-order valence-corrected chi connectivity index (χ3v) is 9.37. The van der Waals surface area contributed by atoms with Gasteiger partial charge in [-0.15, -0.1) is 23.4 Å². The number of carbonyl (C=O) groups is 1. The van der Waals surface area contributed by atoms with Crippen LogP contribution < -0.4 is 5.32 Å². The number of carboxylic acids is 1. The molecular weight excluding hydrogens is 531 g/mol. The van der Waals surface area contributed by atoms with E-state index in [1.807, 2.05) is 6.07 Å². The van der Waals surface area contributed by atoms with E-state index in [1.165, 1.54) is 17.8 Å². The maximum Gasteiger partial charge on any atom is 0.335 e. The van der Waals surface area contributed by atoms with Crippen LogP contribution in [0.15, 0.2) is 65.6 Å². The van der Waals surface area contributed by atoms with Crippen LogP contribution in [0, 0.1) is 16.0 Å². The highest BCUT2D eigenvalue weighted by Gasteiger charge is 2.50. The van der Waals surface area contributed by atoms with Crippen molar-refractivity contribution in [2.24, 2.45) is 5.92 Å². The van der Waals surface area contributed by atoms with E-state index in [4.69, 9.17) is 34.8 Å². The molecule has 1 heterocycles. The summed E-state index contributed by atoms with van der Waals surface area (Å²) in [6.07, 6.45) is 0.656. The Labute approximate surface area is 220 Å². The normalized spacial score (nSPS) is 24.8. The molecule has 0 amide bonds. The summed E-state index contributed by atoms with van der Waals surface area (Å²) in [6.45, 7) is 0. The number of benzene rings is 3. The zero-order valence-electron chi connectivity index (χ0n) is 18.0. The summed E-state index contributed by atoms with van der Waals surface area (Å²) >= 11 is 21.2. The molecule has 1 fully saturated rings. The second-order valence-electron chi connectivity index (χ2n) is 8.65. The fourth-order valence-electron chi connectivity index (χ4n) is 5.18. The Morgan fingerprint density at radius 1 is 1.09 bits per heavy atom. The highest BCUT2D eigenvalue weighted by molar-refractivity contribution is 8.00. The molecule has 2 N–H and O–H groups in total. The number of nitro groups is 1. The number of nitro benzene ring substituents is 1. The quantitative estimate of drug-likeness (QED) is 0.193. The molecule has 2 aliphatic rings. The molecule has 0 saturated heterocycles. The minimum absolute atomic E-state index is 0.0204. The highest BCUT2D eigenvalue weighted by Crippen LogP contribution is 2.58. The number of alkyl halides is 1. The maximum absolute atomic E-state index is 11.7. The van der Waals surface area contributed by atoms with E-state index in [9.17, 15) is 20.0 Å². The lowest BCUT2D eigenvalue weighted by Crippen LogP contribution is -2.31. The van der Waals surface area contributed by atoms with E-state index in [0.29, 0.717) is 21.4 Å². The monoisotopic (exact) mass is 548 g/mol. The van der Waals surface area contributed by atoms with Gasteiger partial charge in [0.05, 0.1) is 26.8 Å². The van der Waals surface area contributed by atoms with Gasteiger partial charge in [-0.2, -0.15) is 0 Å². The third-order valence-electron chi connectivity index (χ3n) is 6.70. The van der Waals surface area contributed by atoms with E-state index in [2.05, 4.69) is 5.32 Å². The molecule has 0 spiro atoms. The number of aromatic carboxylic acids is 1. The largest absolute Gasteiger partial charge is 0.478 e. The molecule has 5 rings (SSSR count). The summed E-state index contributed by atoms with van der Waals surface area (Å²) in [5, 5.41) is 25.2. The lowest BCUT2D eigenvalue weighted by molar-refractivity contribution is -0.387. The van der Waals surface area contributed by atoms with Gasteiger partial charge in [0.25, 0.3) is 5.69 Å². The van der Waals surface area contributed by atoms with Crippen LogP contribution in [0.3, 0.4) is 0 Å². The third kappa shape index (κ3) is 4.47. The summed E-state index contributed by atoms with van der Waals surface area (Å²) in [5.41, 5.74) is 2.74. The van der Waals surface area contributed by atoms with Crippen molar-refractivity contribution >= 4 is 63.9 Å². The van der Waals surface area contributed by atoms with Gasteiger partial charge in [0.15, 0.2) is 0 Å². The van der Waals surface area contributed by atoms with Gasteiger partial charge in [-0.05, 0) is 59.9 Å². The van der Waals surface area contributed by atoms with Gasteiger partial charge < -0.3 is 10.4 Å². The number of halogens is 3. The SMILES string of the molecule is O=C(O)c1ccc2c(c1)[C@@H]1[C@H](Cl)[C@H](Sc3ccccc3[N+](=O)[O-])C[C@@H]1[C@@H](c1ccc(Cl)cc1Cl)N2. The Bertz CT molecular complexity index is 1340. The average Bonchev–Trinajstić information content (AvgIpc) is 3.15. The number of carboxylic acid groups (broad SMARTS) is 1. The standard InChI is InChI=1S/C25H19Cl3N2O4S/c26-13-6-7-14(17(27)10-13)24-16-11-21(35-20-4-2-1-3-19(20)30(33)34)23(28)22(16)15-9-12(25(31)32)5-8-18(15)29-24/h1-10,16,21-24,29H,11H2,(H,31,32)/t16-,21+,22-,23+,24+/m0/s1. The molecule has 3 aromatic rings. The maximum atomic E-state index is 11.7. The smallest absolute Gasteiger partial charge is 0.335 e. The van der Waals surface area contributed by atoms with Crippen LogP contribution in [0.25, 0.3) is 0 Å². The zero-order chi connectivity index (χ0) is 24.9. The van der Waals surface area contributed by atoms with Gasteiger partial charge in [-0.3, -0.25) is 10.1 Å². The van der Waals surface area contributed by atoms with Crippen molar-refractivity contribution in [1.29, 1.82) is 0 Å². The minimum atomic E-state index is -1.01. The fraction of sp³-hybridized carbons (Fsp3) is 0.240. The van der Waals surface area contributed by atoms with Crippen molar-refractivity contribution in [3.05, 3.63) is 97.5 Å². The van der Waals surface area contributed by atoms with E-state index in [0.717, 1.165) is 16.8 Å². The van der Waals surface area contributed by atoms with Gasteiger partial charge >= 0.3 is 5.97 Å². The molecular formula is C25H19Cl3N2O4S. The Hall–Kier alpha value is -2.45. The number of hydrogen-bond donors (Lipinski definition) is 2. The molecule has 5 atom stereocenters. The molecule has 6 nitrogen and oxygen atoms in total. The number of anilines is 1. The number of rotatable bonds is 5. The molecule has 3 aromatic carbocycles.